The molecule has 20 heavy (non-hydrogen) atoms. The van der Waals surface area contributed by atoms with Gasteiger partial charge in [-0.2, -0.15) is 0 Å². The Hall–Kier alpha value is -1.78. The molecule has 3 aromatic rings. The van der Waals surface area contributed by atoms with Crippen LogP contribution in [-0.2, 0) is 0 Å². The Labute approximate surface area is 127 Å². The van der Waals surface area contributed by atoms with Gasteiger partial charge in [0.15, 0.2) is 11.0 Å². The first kappa shape index (κ1) is 13.2. The molecule has 0 fully saturated rings. The molecule has 0 amide bonds. The third kappa shape index (κ3) is 2.21. The molecular formula is C15H8BrClO3. The fourth-order valence-corrected chi connectivity index (χ4v) is 2.66. The lowest BCUT2D eigenvalue weighted by atomic mass is 10.1. The largest absolute Gasteiger partial charge is 0.508 e. The van der Waals surface area contributed by atoms with Crippen LogP contribution in [0.3, 0.4) is 0 Å². The third-order valence-corrected chi connectivity index (χ3v) is 3.89. The van der Waals surface area contributed by atoms with Crippen molar-refractivity contribution in [1.82, 2.24) is 0 Å². The van der Waals surface area contributed by atoms with E-state index in [0.717, 1.165) is 0 Å². The number of benzene rings is 2. The summed E-state index contributed by atoms with van der Waals surface area (Å²) in [5, 5.41) is 10.1. The summed E-state index contributed by atoms with van der Waals surface area (Å²) in [6.07, 6.45) is 0. The molecular weight excluding hydrogens is 344 g/mol. The van der Waals surface area contributed by atoms with E-state index in [4.69, 9.17) is 16.0 Å². The number of halogens is 2. The van der Waals surface area contributed by atoms with Gasteiger partial charge in [0.05, 0.1) is 10.4 Å². The van der Waals surface area contributed by atoms with Crippen LogP contribution in [0.25, 0.3) is 22.3 Å². The van der Waals surface area contributed by atoms with Gasteiger partial charge < -0.3 is 9.52 Å². The van der Waals surface area contributed by atoms with Crippen molar-refractivity contribution in [3.05, 3.63) is 62.2 Å². The third-order valence-electron chi connectivity index (χ3n) is 2.93. The summed E-state index contributed by atoms with van der Waals surface area (Å²) in [7, 11) is 0. The van der Waals surface area contributed by atoms with Gasteiger partial charge in [0.1, 0.15) is 11.5 Å². The Morgan fingerprint density at radius 2 is 1.80 bits per heavy atom. The van der Waals surface area contributed by atoms with Gasteiger partial charge in [-0.3, -0.25) is 4.79 Å². The Kier molecular flexibility index (Phi) is 3.28. The molecule has 2 aromatic carbocycles. The lowest BCUT2D eigenvalue weighted by molar-refractivity contribution is 0.475. The molecule has 0 aliphatic rings. The highest BCUT2D eigenvalue weighted by atomic mass is 79.9. The van der Waals surface area contributed by atoms with E-state index in [1.807, 2.05) is 0 Å². The highest BCUT2D eigenvalue weighted by Crippen LogP contribution is 2.31. The number of phenols is 1. The predicted molar refractivity (Wildman–Crippen MR) is 82.3 cm³/mol. The van der Waals surface area contributed by atoms with Crippen molar-refractivity contribution in [2.75, 3.05) is 0 Å². The molecule has 0 radical (unpaired) electrons. The van der Waals surface area contributed by atoms with Crippen molar-refractivity contribution >= 4 is 38.5 Å². The molecule has 0 bridgehead atoms. The number of rotatable bonds is 1. The average Bonchev–Trinajstić information content (AvgIpc) is 2.43. The van der Waals surface area contributed by atoms with Gasteiger partial charge in [-0.25, -0.2) is 0 Å². The van der Waals surface area contributed by atoms with Crippen molar-refractivity contribution in [3.8, 4) is 17.1 Å². The fraction of sp³-hybridized carbons (Fsp3) is 0. The van der Waals surface area contributed by atoms with Gasteiger partial charge in [0.25, 0.3) is 0 Å². The van der Waals surface area contributed by atoms with E-state index in [-0.39, 0.29) is 11.2 Å². The second-order valence-electron chi connectivity index (χ2n) is 4.26. The topological polar surface area (TPSA) is 50.4 Å². The van der Waals surface area contributed by atoms with Crippen LogP contribution in [0.2, 0.25) is 5.02 Å². The quantitative estimate of drug-likeness (QED) is 0.698. The molecule has 0 saturated heterocycles. The summed E-state index contributed by atoms with van der Waals surface area (Å²) in [4.78, 5) is 12.2. The van der Waals surface area contributed by atoms with Gasteiger partial charge in [-0.1, -0.05) is 11.6 Å². The second-order valence-corrected chi connectivity index (χ2v) is 5.52. The Morgan fingerprint density at radius 1 is 1.10 bits per heavy atom. The zero-order valence-electron chi connectivity index (χ0n) is 10.1. The van der Waals surface area contributed by atoms with Gasteiger partial charge in [-0.15, -0.1) is 0 Å². The highest BCUT2D eigenvalue weighted by Gasteiger charge is 2.12. The molecule has 0 aliphatic carbocycles. The van der Waals surface area contributed by atoms with Crippen molar-refractivity contribution in [2.24, 2.45) is 0 Å². The zero-order chi connectivity index (χ0) is 14.3. The van der Waals surface area contributed by atoms with Crippen LogP contribution in [0, 0.1) is 0 Å². The number of hydrogen-bond donors (Lipinski definition) is 1. The maximum atomic E-state index is 12.2. The average molecular weight is 352 g/mol. The Bertz CT molecular complexity index is 853. The molecule has 100 valence electrons. The zero-order valence-corrected chi connectivity index (χ0v) is 12.4. The van der Waals surface area contributed by atoms with Crippen molar-refractivity contribution in [1.29, 1.82) is 0 Å². The van der Waals surface area contributed by atoms with E-state index in [9.17, 15) is 9.90 Å². The standard InChI is InChI=1S/C15H8BrClO3/c16-10-5-6-11(17)15-14(10)12(19)7-13(20-15)8-1-3-9(18)4-2-8/h1-7,18H. The summed E-state index contributed by atoms with van der Waals surface area (Å²) >= 11 is 9.41. The smallest absolute Gasteiger partial charge is 0.194 e. The number of fused-ring (bicyclic) bond motifs is 1. The molecule has 3 nitrogen and oxygen atoms in total. The van der Waals surface area contributed by atoms with Gasteiger partial charge in [0, 0.05) is 16.1 Å². The van der Waals surface area contributed by atoms with Crippen molar-refractivity contribution in [2.45, 2.75) is 0 Å². The first-order chi connectivity index (χ1) is 9.56. The Morgan fingerprint density at radius 3 is 2.50 bits per heavy atom. The molecule has 5 heteroatoms. The molecule has 1 N–H and O–H groups in total. The van der Waals surface area contributed by atoms with Gasteiger partial charge in [-0.05, 0) is 52.3 Å². The van der Waals surface area contributed by atoms with Crippen LogP contribution in [0.4, 0.5) is 0 Å². The highest BCUT2D eigenvalue weighted by molar-refractivity contribution is 9.10. The van der Waals surface area contributed by atoms with E-state index < -0.39 is 0 Å². The number of phenolic OH excluding ortho intramolecular Hbond substituents is 1. The summed E-state index contributed by atoms with van der Waals surface area (Å²) in [6, 6.07) is 11.2. The Balaban J connectivity index is 2.32. The van der Waals surface area contributed by atoms with Crippen LogP contribution >= 0.6 is 27.5 Å². The SMILES string of the molecule is O=c1cc(-c2ccc(O)cc2)oc2c(Cl)ccc(Br)c12. The van der Waals surface area contributed by atoms with Crippen LogP contribution in [-0.4, -0.2) is 5.11 Å². The van der Waals surface area contributed by atoms with Crippen LogP contribution in [0.5, 0.6) is 5.75 Å². The number of aromatic hydroxyl groups is 1. The van der Waals surface area contributed by atoms with E-state index in [1.54, 1.807) is 24.3 Å². The van der Waals surface area contributed by atoms with Crippen LogP contribution in [0.1, 0.15) is 0 Å². The van der Waals surface area contributed by atoms with E-state index in [0.29, 0.717) is 31.8 Å². The van der Waals surface area contributed by atoms with Gasteiger partial charge in [0.2, 0.25) is 0 Å². The maximum Gasteiger partial charge on any atom is 0.194 e. The normalized spacial score (nSPS) is 10.9. The lowest BCUT2D eigenvalue weighted by Gasteiger charge is -2.06. The maximum absolute atomic E-state index is 12.2. The first-order valence-electron chi connectivity index (χ1n) is 5.77. The molecule has 0 saturated carbocycles. The van der Waals surface area contributed by atoms with Crippen LogP contribution < -0.4 is 5.43 Å². The summed E-state index contributed by atoms with van der Waals surface area (Å²) < 4.78 is 6.38. The molecule has 1 aromatic heterocycles. The van der Waals surface area contributed by atoms with Crippen molar-refractivity contribution < 1.29 is 9.52 Å². The molecule has 0 aliphatic heterocycles. The van der Waals surface area contributed by atoms with E-state index >= 15 is 0 Å². The van der Waals surface area contributed by atoms with Crippen molar-refractivity contribution in [3.63, 3.8) is 0 Å². The second kappa shape index (κ2) is 4.96. The summed E-state index contributed by atoms with van der Waals surface area (Å²) in [6.45, 7) is 0. The summed E-state index contributed by atoms with van der Waals surface area (Å²) in [5.41, 5.74) is 0.859. The minimum absolute atomic E-state index is 0.151. The fourth-order valence-electron chi connectivity index (χ4n) is 1.96. The molecule has 0 atom stereocenters. The summed E-state index contributed by atoms with van der Waals surface area (Å²) in [5.74, 6) is 0.556. The van der Waals surface area contributed by atoms with E-state index in [1.165, 1.54) is 18.2 Å². The van der Waals surface area contributed by atoms with Crippen LogP contribution in [0.15, 0.2) is 56.1 Å². The van der Waals surface area contributed by atoms with E-state index in [2.05, 4.69) is 15.9 Å². The lowest BCUT2D eigenvalue weighted by Crippen LogP contribution is -2.01. The minimum atomic E-state index is -0.177. The molecule has 0 spiro atoms. The molecule has 1 heterocycles. The first-order valence-corrected chi connectivity index (χ1v) is 6.94. The number of hydrogen-bond acceptors (Lipinski definition) is 3. The predicted octanol–water partition coefficient (Wildman–Crippen LogP) is 4.58. The molecule has 3 rings (SSSR count). The monoisotopic (exact) mass is 350 g/mol. The van der Waals surface area contributed by atoms with Gasteiger partial charge >= 0.3 is 0 Å². The minimum Gasteiger partial charge on any atom is -0.508 e. The molecule has 0 unspecified atom stereocenters.